The molecule has 4 aromatic rings. The molecule has 0 saturated heterocycles. The topological polar surface area (TPSA) is 33.2 Å². The van der Waals surface area contributed by atoms with Crippen molar-refractivity contribution >= 4 is 38.3 Å². The molecule has 0 aliphatic rings. The number of hydrogen-bond donors (Lipinski definition) is 0. The molecule has 0 aliphatic carbocycles. The highest BCUT2D eigenvalue weighted by Gasteiger charge is 2.25. The van der Waals surface area contributed by atoms with Crippen molar-refractivity contribution in [3.8, 4) is 0 Å². The molecule has 0 fully saturated rings. The van der Waals surface area contributed by atoms with Crippen LogP contribution in [0.4, 0.5) is 19.6 Å². The molecular weight excluding hydrogens is 378 g/mol. The summed E-state index contributed by atoms with van der Waals surface area (Å²) in [6.07, 6.45) is 0.863. The average molecular weight is 394 g/mol. The molecule has 28 heavy (non-hydrogen) atoms. The zero-order valence-electron chi connectivity index (χ0n) is 15.0. The van der Waals surface area contributed by atoms with Crippen molar-refractivity contribution < 1.29 is 13.6 Å². The maximum Gasteiger partial charge on any atom is 0.267 e. The Balaban J connectivity index is 1.85. The molecule has 6 heteroatoms. The molecular formula is C22H16F2N2OS. The Labute approximate surface area is 164 Å². The second-order valence-corrected chi connectivity index (χ2v) is 7.26. The first kappa shape index (κ1) is 18.3. The second kappa shape index (κ2) is 7.48. The molecule has 4 rings (SSSR count). The SMILES string of the molecule is CCc1ccc(N(C(=O)c2ccc(F)cc2F)c2nc3ccccc3s2)cc1. The quantitative estimate of drug-likeness (QED) is 0.418. The monoisotopic (exact) mass is 394 g/mol. The van der Waals surface area contributed by atoms with Crippen molar-refractivity contribution in [3.05, 3.63) is 89.5 Å². The summed E-state index contributed by atoms with van der Waals surface area (Å²) in [7, 11) is 0. The lowest BCUT2D eigenvalue weighted by Gasteiger charge is -2.20. The van der Waals surface area contributed by atoms with Gasteiger partial charge in [-0.2, -0.15) is 0 Å². The molecule has 1 amide bonds. The third-order valence-electron chi connectivity index (χ3n) is 4.44. The van der Waals surface area contributed by atoms with Crippen molar-refractivity contribution in [2.24, 2.45) is 0 Å². The Bertz CT molecular complexity index is 1120. The van der Waals surface area contributed by atoms with Crippen molar-refractivity contribution in [1.29, 1.82) is 0 Å². The summed E-state index contributed by atoms with van der Waals surface area (Å²) in [5, 5.41) is 0.430. The number of thiazole rings is 1. The van der Waals surface area contributed by atoms with Gasteiger partial charge in [-0.25, -0.2) is 13.8 Å². The van der Waals surface area contributed by atoms with Crippen LogP contribution < -0.4 is 4.90 Å². The zero-order valence-corrected chi connectivity index (χ0v) is 15.8. The van der Waals surface area contributed by atoms with Gasteiger partial charge in [-0.15, -0.1) is 0 Å². The van der Waals surface area contributed by atoms with Crippen molar-refractivity contribution in [1.82, 2.24) is 4.98 Å². The highest BCUT2D eigenvalue weighted by atomic mass is 32.1. The third kappa shape index (κ3) is 3.39. The van der Waals surface area contributed by atoms with E-state index in [9.17, 15) is 13.6 Å². The summed E-state index contributed by atoms with van der Waals surface area (Å²) >= 11 is 1.34. The highest BCUT2D eigenvalue weighted by molar-refractivity contribution is 7.22. The van der Waals surface area contributed by atoms with Gasteiger partial charge in [0.05, 0.1) is 21.5 Å². The van der Waals surface area contributed by atoms with Gasteiger partial charge in [-0.3, -0.25) is 9.69 Å². The Morgan fingerprint density at radius 2 is 1.79 bits per heavy atom. The number of carbonyl (C=O) groups is 1. The lowest BCUT2D eigenvalue weighted by molar-refractivity contribution is 0.0995. The molecule has 0 radical (unpaired) electrons. The number of anilines is 2. The van der Waals surface area contributed by atoms with Crippen molar-refractivity contribution in [2.45, 2.75) is 13.3 Å². The van der Waals surface area contributed by atoms with E-state index < -0.39 is 17.5 Å². The zero-order chi connectivity index (χ0) is 19.7. The van der Waals surface area contributed by atoms with Crippen LogP contribution in [0, 0.1) is 11.6 Å². The van der Waals surface area contributed by atoms with Gasteiger partial charge < -0.3 is 0 Å². The molecule has 0 atom stereocenters. The van der Waals surface area contributed by atoms with Crippen LogP contribution in [-0.4, -0.2) is 10.9 Å². The summed E-state index contributed by atoms with van der Waals surface area (Å²) in [6, 6.07) is 17.9. The van der Waals surface area contributed by atoms with Crippen molar-refractivity contribution in [2.75, 3.05) is 4.90 Å². The molecule has 0 saturated carbocycles. The average Bonchev–Trinajstić information content (AvgIpc) is 3.12. The number of hydrogen-bond acceptors (Lipinski definition) is 3. The number of benzene rings is 3. The number of para-hydroxylation sites is 1. The number of amides is 1. The molecule has 1 aromatic heterocycles. The molecule has 1 heterocycles. The lowest BCUT2D eigenvalue weighted by Crippen LogP contribution is -2.26. The fourth-order valence-electron chi connectivity index (χ4n) is 2.93. The fourth-order valence-corrected chi connectivity index (χ4v) is 3.92. The van der Waals surface area contributed by atoms with Gasteiger partial charge in [-0.05, 0) is 48.4 Å². The predicted octanol–water partition coefficient (Wildman–Crippen LogP) is 6.12. The molecule has 3 nitrogen and oxygen atoms in total. The second-order valence-electron chi connectivity index (χ2n) is 6.25. The minimum atomic E-state index is -0.902. The Hall–Kier alpha value is -3.12. The Morgan fingerprint density at radius 3 is 2.46 bits per heavy atom. The maximum atomic E-state index is 14.3. The van der Waals surface area contributed by atoms with Crippen LogP contribution in [0.5, 0.6) is 0 Å². The highest BCUT2D eigenvalue weighted by Crippen LogP contribution is 2.35. The maximum absolute atomic E-state index is 14.3. The summed E-state index contributed by atoms with van der Waals surface area (Å²) in [5.74, 6) is -2.23. The first-order chi connectivity index (χ1) is 13.6. The minimum Gasteiger partial charge on any atom is -0.268 e. The van der Waals surface area contributed by atoms with E-state index in [4.69, 9.17) is 0 Å². The van der Waals surface area contributed by atoms with Crippen LogP contribution in [0.3, 0.4) is 0 Å². The number of aryl methyl sites for hydroxylation is 1. The van der Waals surface area contributed by atoms with Crippen LogP contribution in [0.25, 0.3) is 10.2 Å². The molecule has 0 unspecified atom stereocenters. The van der Waals surface area contributed by atoms with Gasteiger partial charge in [0, 0.05) is 6.07 Å². The van der Waals surface area contributed by atoms with E-state index in [0.717, 1.165) is 34.3 Å². The number of halogens is 2. The predicted molar refractivity (Wildman–Crippen MR) is 108 cm³/mol. The molecule has 0 N–H and O–H groups in total. The largest absolute Gasteiger partial charge is 0.268 e. The minimum absolute atomic E-state index is 0.208. The number of fused-ring (bicyclic) bond motifs is 1. The van der Waals surface area contributed by atoms with E-state index in [-0.39, 0.29) is 5.56 Å². The number of aromatic nitrogens is 1. The van der Waals surface area contributed by atoms with Crippen LogP contribution >= 0.6 is 11.3 Å². The van der Waals surface area contributed by atoms with Gasteiger partial charge in [-0.1, -0.05) is 42.5 Å². The number of rotatable bonds is 4. The van der Waals surface area contributed by atoms with Gasteiger partial charge >= 0.3 is 0 Å². The Morgan fingerprint density at radius 1 is 1.04 bits per heavy atom. The standard InChI is InChI=1S/C22H16F2N2OS/c1-2-14-7-10-16(11-8-14)26(21(27)17-12-9-15(23)13-18(17)24)22-25-19-5-3-4-6-20(19)28-22/h3-13H,2H2,1H3. The molecule has 140 valence electrons. The smallest absolute Gasteiger partial charge is 0.267 e. The normalized spacial score (nSPS) is 11.0. The van der Waals surface area contributed by atoms with Gasteiger partial charge in [0.25, 0.3) is 5.91 Å². The first-order valence-electron chi connectivity index (χ1n) is 8.81. The Kier molecular flexibility index (Phi) is 4.88. The lowest BCUT2D eigenvalue weighted by atomic mass is 10.1. The number of carbonyl (C=O) groups excluding carboxylic acids is 1. The molecule has 3 aromatic carbocycles. The molecule has 0 aliphatic heterocycles. The number of nitrogens with zero attached hydrogens (tertiary/aromatic N) is 2. The van der Waals surface area contributed by atoms with E-state index in [1.807, 2.05) is 55.5 Å². The molecule has 0 bridgehead atoms. The van der Waals surface area contributed by atoms with E-state index in [1.165, 1.54) is 16.2 Å². The third-order valence-corrected chi connectivity index (χ3v) is 5.46. The van der Waals surface area contributed by atoms with Crippen molar-refractivity contribution in [3.63, 3.8) is 0 Å². The molecule has 0 spiro atoms. The summed E-state index contributed by atoms with van der Waals surface area (Å²) < 4.78 is 28.5. The fraction of sp³-hybridized carbons (Fsp3) is 0.0909. The van der Waals surface area contributed by atoms with Crippen LogP contribution in [0.2, 0.25) is 0 Å². The van der Waals surface area contributed by atoms with Gasteiger partial charge in [0.1, 0.15) is 11.6 Å². The van der Waals surface area contributed by atoms with E-state index in [0.29, 0.717) is 16.9 Å². The van der Waals surface area contributed by atoms with E-state index >= 15 is 0 Å². The van der Waals surface area contributed by atoms with Gasteiger partial charge in [0.15, 0.2) is 5.13 Å². The first-order valence-corrected chi connectivity index (χ1v) is 9.62. The summed E-state index contributed by atoms with van der Waals surface area (Å²) in [5.41, 5.74) is 2.24. The van der Waals surface area contributed by atoms with Crippen LogP contribution in [0.15, 0.2) is 66.7 Å². The van der Waals surface area contributed by atoms with Crippen LogP contribution in [0.1, 0.15) is 22.8 Å². The van der Waals surface area contributed by atoms with Crippen LogP contribution in [-0.2, 0) is 6.42 Å². The summed E-state index contributed by atoms with van der Waals surface area (Å²) in [6.45, 7) is 2.04. The van der Waals surface area contributed by atoms with Gasteiger partial charge in [0.2, 0.25) is 0 Å². The summed E-state index contributed by atoms with van der Waals surface area (Å²) in [4.78, 5) is 19.2. The van der Waals surface area contributed by atoms with E-state index in [2.05, 4.69) is 4.98 Å². The van der Waals surface area contributed by atoms with E-state index in [1.54, 1.807) is 0 Å².